The molecule has 4 aliphatic rings. The Bertz CT molecular complexity index is 856. The van der Waals surface area contributed by atoms with Crippen LogP contribution in [0.5, 0.6) is 0 Å². The van der Waals surface area contributed by atoms with Crippen LogP contribution in [0, 0.1) is 0 Å². The van der Waals surface area contributed by atoms with Crippen molar-refractivity contribution in [2.75, 3.05) is 6.54 Å². The molecule has 1 amide bonds. The third-order valence-electron chi connectivity index (χ3n) is 5.07. The second-order valence-corrected chi connectivity index (χ2v) is 6.94. The summed E-state index contributed by atoms with van der Waals surface area (Å²) < 4.78 is 0. The second kappa shape index (κ2) is 5.70. The highest BCUT2D eigenvalue weighted by molar-refractivity contribution is 6.02. The molecule has 0 atom stereocenters. The van der Waals surface area contributed by atoms with Crippen molar-refractivity contribution in [1.29, 1.82) is 0 Å². The maximum absolute atomic E-state index is 11.8. The van der Waals surface area contributed by atoms with Crippen molar-refractivity contribution >= 4 is 11.7 Å². The number of allylic oxidation sites excluding steroid dienone is 1. The predicted octanol–water partition coefficient (Wildman–Crippen LogP) is 2.19. The molecule has 2 N–H and O–H groups in total. The molecule has 0 aromatic heterocycles. The van der Waals surface area contributed by atoms with E-state index in [0.717, 1.165) is 53.9 Å². The first kappa shape index (κ1) is 14.7. The van der Waals surface area contributed by atoms with E-state index < -0.39 is 0 Å². The Hall–Kier alpha value is -2.66. The summed E-state index contributed by atoms with van der Waals surface area (Å²) in [6.07, 6.45) is 8.74. The van der Waals surface area contributed by atoms with E-state index in [4.69, 9.17) is 0 Å². The van der Waals surface area contributed by atoms with Crippen LogP contribution in [-0.4, -0.2) is 29.2 Å². The van der Waals surface area contributed by atoms with Gasteiger partial charge >= 0.3 is 0 Å². The Morgan fingerprint density at radius 2 is 2.04 bits per heavy atom. The Morgan fingerprint density at radius 3 is 2.84 bits per heavy atom. The molecule has 0 spiro atoms. The first-order valence-electron chi connectivity index (χ1n) is 8.89. The fourth-order valence-corrected chi connectivity index (χ4v) is 3.57. The van der Waals surface area contributed by atoms with Crippen molar-refractivity contribution in [3.8, 4) is 0 Å². The summed E-state index contributed by atoms with van der Waals surface area (Å²) in [6, 6.07) is 9.36. The number of hydrogen-bond donors (Lipinski definition) is 2. The van der Waals surface area contributed by atoms with Crippen molar-refractivity contribution < 1.29 is 4.79 Å². The molecule has 0 unspecified atom stereocenters. The van der Waals surface area contributed by atoms with Gasteiger partial charge in [-0.1, -0.05) is 24.3 Å². The lowest BCUT2D eigenvalue weighted by Gasteiger charge is -2.27. The molecule has 0 bridgehead atoms. The molecule has 1 aromatic rings. The van der Waals surface area contributed by atoms with E-state index in [-0.39, 0.29) is 5.91 Å². The SMILES string of the molecule is O=C1C=CC2=CN=C(c3ccc(CNC4CC4)cc3)N3CCC(=C23)N1. The van der Waals surface area contributed by atoms with Crippen LogP contribution in [0.2, 0.25) is 0 Å². The van der Waals surface area contributed by atoms with Crippen LogP contribution in [0.15, 0.2) is 64.6 Å². The molecule has 5 heteroatoms. The van der Waals surface area contributed by atoms with Gasteiger partial charge in [0.15, 0.2) is 0 Å². The predicted molar refractivity (Wildman–Crippen MR) is 96.6 cm³/mol. The van der Waals surface area contributed by atoms with Crippen LogP contribution in [-0.2, 0) is 11.3 Å². The van der Waals surface area contributed by atoms with Crippen LogP contribution in [0.3, 0.4) is 0 Å². The van der Waals surface area contributed by atoms with E-state index in [1.807, 2.05) is 12.3 Å². The molecular weight excluding hydrogens is 312 g/mol. The molecule has 1 saturated carbocycles. The first-order chi connectivity index (χ1) is 12.3. The number of amides is 1. The molecule has 5 nitrogen and oxygen atoms in total. The van der Waals surface area contributed by atoms with Crippen molar-refractivity contribution in [3.05, 3.63) is 70.7 Å². The third-order valence-corrected chi connectivity index (χ3v) is 5.07. The number of nitrogens with one attached hydrogen (secondary N) is 2. The van der Waals surface area contributed by atoms with Crippen LogP contribution in [0.1, 0.15) is 30.4 Å². The van der Waals surface area contributed by atoms with Crippen molar-refractivity contribution in [2.45, 2.75) is 31.8 Å². The smallest absolute Gasteiger partial charge is 0.248 e. The Balaban J connectivity index is 1.43. The summed E-state index contributed by atoms with van der Waals surface area (Å²) in [7, 11) is 0. The van der Waals surface area contributed by atoms with E-state index in [0.29, 0.717) is 0 Å². The zero-order valence-electron chi connectivity index (χ0n) is 14.0. The fraction of sp³-hybridized carbons (Fsp3) is 0.300. The Kier molecular flexibility index (Phi) is 3.35. The van der Waals surface area contributed by atoms with Crippen molar-refractivity contribution in [1.82, 2.24) is 15.5 Å². The molecule has 3 aliphatic heterocycles. The van der Waals surface area contributed by atoms with E-state index in [2.05, 4.69) is 44.8 Å². The van der Waals surface area contributed by atoms with Crippen molar-refractivity contribution in [2.24, 2.45) is 4.99 Å². The lowest BCUT2D eigenvalue weighted by Crippen LogP contribution is -2.31. The van der Waals surface area contributed by atoms with E-state index in [9.17, 15) is 4.79 Å². The van der Waals surface area contributed by atoms with Crippen LogP contribution in [0.25, 0.3) is 0 Å². The summed E-state index contributed by atoms with van der Waals surface area (Å²) in [4.78, 5) is 18.7. The van der Waals surface area contributed by atoms with Crippen LogP contribution in [0.4, 0.5) is 0 Å². The molecule has 0 saturated heterocycles. The number of carbonyl (C=O) groups is 1. The highest BCUT2D eigenvalue weighted by Gasteiger charge is 2.32. The molecule has 3 heterocycles. The number of hydrogen-bond acceptors (Lipinski definition) is 4. The van der Waals surface area contributed by atoms with Gasteiger partial charge in [-0.15, -0.1) is 0 Å². The Morgan fingerprint density at radius 1 is 1.20 bits per heavy atom. The van der Waals surface area contributed by atoms with Gasteiger partial charge < -0.3 is 15.5 Å². The summed E-state index contributed by atoms with van der Waals surface area (Å²) in [5, 5.41) is 6.53. The highest BCUT2D eigenvalue weighted by atomic mass is 16.1. The number of nitrogens with zero attached hydrogens (tertiary/aromatic N) is 2. The van der Waals surface area contributed by atoms with Gasteiger partial charge in [-0.25, -0.2) is 4.99 Å². The first-order valence-corrected chi connectivity index (χ1v) is 8.89. The molecule has 1 fully saturated rings. The average Bonchev–Trinajstić information content (AvgIpc) is 3.40. The number of amidine groups is 1. The standard InChI is InChI=1S/C20H20N4O/c25-18-8-5-15-12-22-20(24-10-9-17(23-18)19(15)24)14-3-1-13(2-4-14)11-21-16-6-7-16/h1-5,8,12,16,21H,6-7,9-11H2,(H,23,25). The molecule has 1 aromatic carbocycles. The molecule has 0 radical (unpaired) electrons. The van der Waals surface area contributed by atoms with E-state index >= 15 is 0 Å². The van der Waals surface area contributed by atoms with Gasteiger partial charge in [0.2, 0.25) is 5.91 Å². The molecule has 25 heavy (non-hydrogen) atoms. The van der Waals surface area contributed by atoms with Gasteiger partial charge in [0, 0.05) is 54.7 Å². The number of rotatable bonds is 4. The van der Waals surface area contributed by atoms with Gasteiger partial charge in [0.1, 0.15) is 5.84 Å². The van der Waals surface area contributed by atoms with Gasteiger partial charge in [-0.3, -0.25) is 4.79 Å². The quantitative estimate of drug-likeness (QED) is 0.889. The average molecular weight is 332 g/mol. The van der Waals surface area contributed by atoms with Gasteiger partial charge in [0.25, 0.3) is 0 Å². The van der Waals surface area contributed by atoms with Gasteiger partial charge in [0.05, 0.1) is 5.70 Å². The monoisotopic (exact) mass is 332 g/mol. The summed E-state index contributed by atoms with van der Waals surface area (Å²) in [6.45, 7) is 1.78. The number of aliphatic imine (C=N–C) groups is 1. The van der Waals surface area contributed by atoms with Gasteiger partial charge in [-0.2, -0.15) is 0 Å². The van der Waals surface area contributed by atoms with Crippen LogP contribution < -0.4 is 10.6 Å². The summed E-state index contributed by atoms with van der Waals surface area (Å²) in [5.41, 5.74) is 5.50. The minimum Gasteiger partial charge on any atom is -0.324 e. The summed E-state index contributed by atoms with van der Waals surface area (Å²) in [5.74, 6) is 0.897. The zero-order valence-corrected chi connectivity index (χ0v) is 14.0. The fourth-order valence-electron chi connectivity index (χ4n) is 3.57. The van der Waals surface area contributed by atoms with Crippen LogP contribution >= 0.6 is 0 Å². The minimum absolute atomic E-state index is 0.0614. The maximum atomic E-state index is 11.8. The molecule has 5 rings (SSSR count). The topological polar surface area (TPSA) is 56.7 Å². The summed E-state index contributed by atoms with van der Waals surface area (Å²) >= 11 is 0. The second-order valence-electron chi connectivity index (χ2n) is 6.94. The highest BCUT2D eigenvalue weighted by Crippen LogP contribution is 2.34. The Labute approximate surface area is 146 Å². The number of carbonyl (C=O) groups excluding carboxylic acids is 1. The molecule has 126 valence electrons. The van der Waals surface area contributed by atoms with Crippen molar-refractivity contribution in [3.63, 3.8) is 0 Å². The van der Waals surface area contributed by atoms with E-state index in [1.165, 1.54) is 18.4 Å². The molecule has 1 aliphatic carbocycles. The molecular formula is C20H20N4O. The maximum Gasteiger partial charge on any atom is 0.248 e. The van der Waals surface area contributed by atoms with E-state index in [1.54, 1.807) is 6.08 Å². The largest absolute Gasteiger partial charge is 0.324 e. The van der Waals surface area contributed by atoms with Gasteiger partial charge in [-0.05, 0) is 24.5 Å². The zero-order chi connectivity index (χ0) is 16.8. The minimum atomic E-state index is -0.0614. The number of benzene rings is 1. The normalized spacial score (nSPS) is 21.6. The third kappa shape index (κ3) is 2.70. The lowest BCUT2D eigenvalue weighted by molar-refractivity contribution is -0.115. The lowest BCUT2D eigenvalue weighted by atomic mass is 10.1.